The van der Waals surface area contributed by atoms with Gasteiger partial charge in [-0.25, -0.2) is 4.39 Å². The van der Waals surface area contributed by atoms with Crippen LogP contribution in [-0.4, -0.2) is 36.9 Å². The van der Waals surface area contributed by atoms with E-state index in [0.29, 0.717) is 16.8 Å². The number of benzene rings is 1. The minimum absolute atomic E-state index is 0.0469. The highest BCUT2D eigenvalue weighted by molar-refractivity contribution is 7.21. The Balaban J connectivity index is 2.27. The second-order valence-corrected chi connectivity index (χ2v) is 5.65. The highest BCUT2D eigenvalue weighted by Gasteiger charge is 2.21. The molecule has 1 aromatic heterocycles. The molecule has 0 aliphatic heterocycles. The molecule has 21 heavy (non-hydrogen) atoms. The van der Waals surface area contributed by atoms with E-state index in [0.717, 1.165) is 4.70 Å². The fraction of sp³-hybridized carbons (Fsp3) is 0.286. The van der Waals surface area contributed by atoms with Gasteiger partial charge in [-0.1, -0.05) is 0 Å². The molecule has 5 nitrogen and oxygen atoms in total. The maximum atomic E-state index is 13.2. The van der Waals surface area contributed by atoms with Crippen LogP contribution in [0.1, 0.15) is 16.6 Å². The van der Waals surface area contributed by atoms with Gasteiger partial charge in [0.2, 0.25) is 5.91 Å². The third kappa shape index (κ3) is 3.13. The van der Waals surface area contributed by atoms with Gasteiger partial charge in [-0.15, -0.1) is 11.3 Å². The summed E-state index contributed by atoms with van der Waals surface area (Å²) >= 11 is 1.19. The third-order valence-electron chi connectivity index (χ3n) is 2.98. The van der Waals surface area contributed by atoms with Crippen LogP contribution in [0.15, 0.2) is 18.2 Å². The maximum absolute atomic E-state index is 13.2. The van der Waals surface area contributed by atoms with E-state index in [1.54, 1.807) is 13.0 Å². The monoisotopic (exact) mass is 309 g/mol. The maximum Gasteiger partial charge on any atom is 0.266 e. The average Bonchev–Trinajstić information content (AvgIpc) is 2.75. The molecule has 0 bridgehead atoms. The molecular formula is C14H16FN3O2S. The van der Waals surface area contributed by atoms with Crippen molar-refractivity contribution < 1.29 is 14.0 Å². The quantitative estimate of drug-likeness (QED) is 0.905. The third-order valence-corrected chi connectivity index (χ3v) is 4.16. The van der Waals surface area contributed by atoms with Crippen LogP contribution in [0.25, 0.3) is 10.1 Å². The van der Waals surface area contributed by atoms with Crippen molar-refractivity contribution in [1.82, 2.24) is 10.2 Å². The Morgan fingerprint density at radius 2 is 2.14 bits per heavy atom. The number of carbonyl (C=O) groups is 2. The van der Waals surface area contributed by atoms with Gasteiger partial charge < -0.3 is 16.0 Å². The number of thiophene rings is 1. The predicted molar refractivity (Wildman–Crippen MR) is 81.8 cm³/mol. The normalized spacial score (nSPS) is 10.6. The summed E-state index contributed by atoms with van der Waals surface area (Å²) in [5.74, 6) is -0.985. The zero-order chi connectivity index (χ0) is 15.6. The smallest absolute Gasteiger partial charge is 0.266 e. The van der Waals surface area contributed by atoms with E-state index in [-0.39, 0.29) is 24.0 Å². The number of carbonyl (C=O) groups excluding carboxylic acids is 2. The van der Waals surface area contributed by atoms with Gasteiger partial charge in [0, 0.05) is 23.7 Å². The summed E-state index contributed by atoms with van der Waals surface area (Å²) in [6, 6.07) is 4.22. The van der Waals surface area contributed by atoms with Gasteiger partial charge >= 0.3 is 0 Å². The number of anilines is 1. The van der Waals surface area contributed by atoms with Gasteiger partial charge in [0.15, 0.2) is 0 Å². The lowest BCUT2D eigenvalue weighted by atomic mass is 10.2. The van der Waals surface area contributed by atoms with Crippen LogP contribution in [-0.2, 0) is 4.79 Å². The lowest BCUT2D eigenvalue weighted by molar-refractivity contribution is -0.121. The molecule has 0 unspecified atom stereocenters. The molecule has 2 amide bonds. The Labute approximate surface area is 125 Å². The van der Waals surface area contributed by atoms with Crippen molar-refractivity contribution in [2.75, 3.05) is 25.9 Å². The number of nitrogens with two attached hydrogens (primary N) is 1. The SMILES string of the molecule is CCNC(=O)CN(C)C(=O)c1sc2ccc(F)cc2c1N. The summed E-state index contributed by atoms with van der Waals surface area (Å²) in [5, 5.41) is 3.14. The van der Waals surface area contributed by atoms with E-state index in [1.165, 1.54) is 35.4 Å². The van der Waals surface area contributed by atoms with Crippen molar-refractivity contribution in [3.05, 3.63) is 28.9 Å². The first-order valence-electron chi connectivity index (χ1n) is 6.43. The number of nitrogen functional groups attached to an aromatic ring is 1. The Kier molecular flexibility index (Phi) is 4.42. The largest absolute Gasteiger partial charge is 0.397 e. The summed E-state index contributed by atoms with van der Waals surface area (Å²) in [7, 11) is 1.53. The Morgan fingerprint density at radius 3 is 2.81 bits per heavy atom. The Morgan fingerprint density at radius 1 is 1.43 bits per heavy atom. The summed E-state index contributed by atoms with van der Waals surface area (Å²) < 4.78 is 14.0. The molecule has 0 radical (unpaired) electrons. The highest BCUT2D eigenvalue weighted by atomic mass is 32.1. The topological polar surface area (TPSA) is 75.4 Å². The molecule has 2 aromatic rings. The van der Waals surface area contributed by atoms with Gasteiger partial charge in [0.05, 0.1) is 12.2 Å². The fourth-order valence-corrected chi connectivity index (χ4v) is 3.06. The van der Waals surface area contributed by atoms with Crippen LogP contribution in [0.5, 0.6) is 0 Å². The van der Waals surface area contributed by atoms with Crippen LogP contribution in [0.4, 0.5) is 10.1 Å². The molecule has 112 valence electrons. The minimum Gasteiger partial charge on any atom is -0.397 e. The van der Waals surface area contributed by atoms with Crippen LogP contribution in [0, 0.1) is 5.82 Å². The van der Waals surface area contributed by atoms with E-state index in [2.05, 4.69) is 5.32 Å². The molecule has 1 heterocycles. The van der Waals surface area contributed by atoms with Crippen molar-refractivity contribution in [3.8, 4) is 0 Å². The highest BCUT2D eigenvalue weighted by Crippen LogP contribution is 2.34. The summed E-state index contributed by atoms with van der Waals surface area (Å²) in [5.41, 5.74) is 6.18. The number of nitrogens with one attached hydrogen (secondary N) is 1. The van der Waals surface area contributed by atoms with Crippen molar-refractivity contribution in [2.24, 2.45) is 0 Å². The van der Waals surface area contributed by atoms with Gasteiger partial charge in [-0.3, -0.25) is 9.59 Å². The van der Waals surface area contributed by atoms with Crippen molar-refractivity contribution in [3.63, 3.8) is 0 Å². The van der Waals surface area contributed by atoms with E-state index in [9.17, 15) is 14.0 Å². The number of likely N-dealkylation sites (N-methyl/N-ethyl adjacent to an activating group) is 2. The molecule has 0 fully saturated rings. The molecule has 2 rings (SSSR count). The van der Waals surface area contributed by atoms with Gasteiger partial charge in [-0.05, 0) is 25.1 Å². The molecule has 7 heteroatoms. The average molecular weight is 309 g/mol. The van der Waals surface area contributed by atoms with E-state index in [4.69, 9.17) is 5.73 Å². The first-order valence-corrected chi connectivity index (χ1v) is 7.25. The zero-order valence-electron chi connectivity index (χ0n) is 11.8. The molecule has 0 saturated heterocycles. The summed E-state index contributed by atoms with van der Waals surface area (Å²) in [4.78, 5) is 25.5. The van der Waals surface area contributed by atoms with Gasteiger partial charge in [0.25, 0.3) is 5.91 Å². The number of amides is 2. The minimum atomic E-state index is -0.401. The first-order chi connectivity index (χ1) is 9.93. The molecule has 3 N–H and O–H groups in total. The van der Waals surface area contributed by atoms with Crippen LogP contribution in [0.3, 0.4) is 0 Å². The zero-order valence-corrected chi connectivity index (χ0v) is 12.6. The van der Waals surface area contributed by atoms with Crippen LogP contribution < -0.4 is 11.1 Å². The Bertz CT molecular complexity index is 699. The van der Waals surface area contributed by atoms with Crippen molar-refractivity contribution in [1.29, 1.82) is 0 Å². The Hall–Kier alpha value is -2.15. The second kappa shape index (κ2) is 6.09. The van der Waals surface area contributed by atoms with Gasteiger partial charge in [0.1, 0.15) is 10.7 Å². The fourth-order valence-electron chi connectivity index (χ4n) is 1.96. The van der Waals surface area contributed by atoms with E-state index >= 15 is 0 Å². The predicted octanol–water partition coefficient (Wildman–Crippen LogP) is 1.83. The van der Waals surface area contributed by atoms with Crippen molar-refractivity contribution >= 4 is 38.9 Å². The number of rotatable bonds is 4. The number of hydrogen-bond donors (Lipinski definition) is 2. The number of hydrogen-bond acceptors (Lipinski definition) is 4. The number of fused-ring (bicyclic) bond motifs is 1. The molecule has 0 atom stereocenters. The summed E-state index contributed by atoms with van der Waals surface area (Å²) in [6.45, 7) is 2.26. The molecule has 0 spiro atoms. The number of halogens is 1. The lowest BCUT2D eigenvalue weighted by Crippen LogP contribution is -2.38. The summed E-state index contributed by atoms with van der Waals surface area (Å²) in [6.07, 6.45) is 0. The molecule has 0 aliphatic rings. The van der Waals surface area contributed by atoms with Crippen LogP contribution in [0.2, 0.25) is 0 Å². The second-order valence-electron chi connectivity index (χ2n) is 4.60. The van der Waals surface area contributed by atoms with Crippen LogP contribution >= 0.6 is 11.3 Å². The van der Waals surface area contributed by atoms with Crippen molar-refractivity contribution in [2.45, 2.75) is 6.92 Å². The first kappa shape index (κ1) is 15.2. The number of nitrogens with zero attached hydrogens (tertiary/aromatic N) is 1. The molecule has 0 saturated carbocycles. The standard InChI is InChI=1S/C14H16FN3O2S/c1-3-17-11(19)7-18(2)14(20)13-12(16)9-6-8(15)4-5-10(9)21-13/h4-6H,3,7,16H2,1-2H3,(H,17,19). The molecule has 1 aromatic carbocycles. The molecular weight excluding hydrogens is 293 g/mol. The molecule has 0 aliphatic carbocycles. The van der Waals surface area contributed by atoms with E-state index < -0.39 is 5.82 Å². The van der Waals surface area contributed by atoms with E-state index in [1.807, 2.05) is 0 Å². The lowest BCUT2D eigenvalue weighted by Gasteiger charge is -2.15. The van der Waals surface area contributed by atoms with Gasteiger partial charge in [-0.2, -0.15) is 0 Å².